The summed E-state index contributed by atoms with van der Waals surface area (Å²) in [7, 11) is 0. The van der Waals surface area contributed by atoms with Crippen LogP contribution in [0.15, 0.2) is 23.8 Å². The normalized spacial score (nSPS) is 25.5. The fourth-order valence-corrected chi connectivity index (χ4v) is 5.01. The molecule has 0 aromatic carbocycles. The minimum Gasteiger partial charge on any atom is -0.480 e. The number of rotatable bonds is 7. The van der Waals surface area contributed by atoms with Gasteiger partial charge in [-0.1, -0.05) is 43.1 Å². The lowest BCUT2D eigenvalue weighted by Gasteiger charge is -2.44. The maximum absolute atomic E-state index is 13.6. The highest BCUT2D eigenvalue weighted by molar-refractivity contribution is 6.07. The van der Waals surface area contributed by atoms with Crippen LogP contribution in [0.3, 0.4) is 0 Å². The number of urea groups is 1. The third-order valence-corrected chi connectivity index (χ3v) is 6.73. The van der Waals surface area contributed by atoms with Crippen molar-refractivity contribution < 1.29 is 32.7 Å². The third-order valence-electron chi connectivity index (χ3n) is 6.73. The highest BCUT2D eigenvalue weighted by Gasteiger charge is 2.56. The minimum atomic E-state index is -4.66. The molecule has 1 saturated carbocycles. The average molecular weight is 457 g/mol. The second-order valence-corrected chi connectivity index (χ2v) is 8.97. The SMILES string of the molecule is O=C(O)[C@@H]1[C@@H](CCCC2=CCCCC=C2)C(=O)N1C(=O)N[C@@H](C1CCCCC1)C(F)(F)F. The van der Waals surface area contributed by atoms with E-state index in [9.17, 15) is 32.7 Å². The molecule has 0 aromatic rings. The number of amides is 3. The molecule has 6 nitrogen and oxygen atoms in total. The zero-order valence-electron chi connectivity index (χ0n) is 18.1. The first kappa shape index (κ1) is 24.3. The molecule has 2 N–H and O–H groups in total. The number of halogens is 3. The van der Waals surface area contributed by atoms with Crippen LogP contribution in [-0.4, -0.2) is 46.2 Å². The first-order valence-electron chi connectivity index (χ1n) is 11.5. The predicted octanol–water partition coefficient (Wildman–Crippen LogP) is 4.96. The van der Waals surface area contributed by atoms with Gasteiger partial charge in [-0.05, 0) is 57.3 Å². The van der Waals surface area contributed by atoms with Gasteiger partial charge < -0.3 is 10.4 Å². The molecule has 9 heteroatoms. The van der Waals surface area contributed by atoms with Gasteiger partial charge in [-0.3, -0.25) is 4.79 Å². The predicted molar refractivity (Wildman–Crippen MR) is 112 cm³/mol. The Labute approximate surface area is 185 Å². The average Bonchev–Trinajstić information content (AvgIpc) is 3.01. The number of allylic oxidation sites excluding steroid dienone is 4. The van der Waals surface area contributed by atoms with Crippen molar-refractivity contribution in [2.75, 3.05) is 0 Å². The molecule has 32 heavy (non-hydrogen) atoms. The van der Waals surface area contributed by atoms with E-state index in [2.05, 4.69) is 12.2 Å². The van der Waals surface area contributed by atoms with Crippen molar-refractivity contribution in [3.8, 4) is 0 Å². The number of likely N-dealkylation sites (tertiary alicyclic amines) is 1. The van der Waals surface area contributed by atoms with E-state index in [0.717, 1.165) is 31.3 Å². The van der Waals surface area contributed by atoms with Gasteiger partial charge in [0.05, 0.1) is 5.92 Å². The fourth-order valence-electron chi connectivity index (χ4n) is 5.01. The lowest BCUT2D eigenvalue weighted by Crippen LogP contribution is -2.69. The van der Waals surface area contributed by atoms with E-state index in [4.69, 9.17) is 0 Å². The monoisotopic (exact) mass is 456 g/mol. The van der Waals surface area contributed by atoms with Crippen molar-refractivity contribution in [3.63, 3.8) is 0 Å². The van der Waals surface area contributed by atoms with Gasteiger partial charge in [0.15, 0.2) is 6.04 Å². The summed E-state index contributed by atoms with van der Waals surface area (Å²) in [4.78, 5) is 37.3. The van der Waals surface area contributed by atoms with E-state index in [-0.39, 0.29) is 6.42 Å². The lowest BCUT2D eigenvalue weighted by atomic mass is 9.82. The molecular formula is C23H31F3N2O4. The number of hydrogen-bond donors (Lipinski definition) is 2. The number of nitrogens with zero attached hydrogens (tertiary/aromatic N) is 1. The minimum absolute atomic E-state index is 0.274. The Bertz CT molecular complexity index is 772. The molecule has 3 amide bonds. The number of hydrogen-bond acceptors (Lipinski definition) is 3. The number of aliphatic carboxylic acids is 1. The summed E-state index contributed by atoms with van der Waals surface area (Å²) in [5, 5.41) is 11.5. The summed E-state index contributed by atoms with van der Waals surface area (Å²) in [6, 6.07) is -4.77. The van der Waals surface area contributed by atoms with Gasteiger partial charge in [-0.15, -0.1) is 0 Å². The number of carbonyl (C=O) groups excluding carboxylic acids is 2. The van der Waals surface area contributed by atoms with E-state index in [1.54, 1.807) is 0 Å². The van der Waals surface area contributed by atoms with Crippen molar-refractivity contribution in [2.24, 2.45) is 11.8 Å². The molecule has 0 radical (unpaired) electrons. The highest BCUT2D eigenvalue weighted by atomic mass is 19.4. The second-order valence-electron chi connectivity index (χ2n) is 8.97. The molecule has 3 atom stereocenters. The van der Waals surface area contributed by atoms with Gasteiger partial charge in [-0.2, -0.15) is 13.2 Å². The van der Waals surface area contributed by atoms with E-state index in [0.29, 0.717) is 43.4 Å². The molecule has 178 valence electrons. The van der Waals surface area contributed by atoms with Crippen molar-refractivity contribution >= 4 is 17.9 Å². The fraction of sp³-hybridized carbons (Fsp3) is 0.696. The van der Waals surface area contributed by atoms with Gasteiger partial charge in [0.25, 0.3) is 0 Å². The first-order chi connectivity index (χ1) is 15.2. The van der Waals surface area contributed by atoms with Gasteiger partial charge >= 0.3 is 18.2 Å². The van der Waals surface area contributed by atoms with Crippen LogP contribution in [0.1, 0.15) is 70.6 Å². The second kappa shape index (κ2) is 10.5. The molecule has 0 bridgehead atoms. The van der Waals surface area contributed by atoms with Gasteiger partial charge in [0, 0.05) is 0 Å². The number of imide groups is 1. The summed E-state index contributed by atoms with van der Waals surface area (Å²) >= 11 is 0. The number of nitrogens with one attached hydrogen (secondary N) is 1. The standard InChI is InChI=1S/C23H31F3N2O4/c24-23(25,26)19(16-12-6-3-7-13-16)27-22(32)28-18(21(30)31)17(20(28)29)14-8-11-15-9-4-1-2-5-10-15/h4,9-10,16-19H,1-3,5-8,11-14H2,(H,27,32)(H,30,31)/t17-,18+,19+/m1/s1. The van der Waals surface area contributed by atoms with E-state index < -0.39 is 48.0 Å². The molecule has 2 fully saturated rings. The van der Waals surface area contributed by atoms with E-state index in [1.807, 2.05) is 11.4 Å². The lowest BCUT2D eigenvalue weighted by molar-refractivity contribution is -0.173. The summed E-state index contributed by atoms with van der Waals surface area (Å²) in [6.07, 6.45) is 9.02. The molecule has 0 aromatic heterocycles. The Hall–Kier alpha value is -2.32. The Morgan fingerprint density at radius 1 is 1.16 bits per heavy atom. The van der Waals surface area contributed by atoms with Crippen molar-refractivity contribution in [3.05, 3.63) is 23.8 Å². The molecule has 1 heterocycles. The largest absolute Gasteiger partial charge is 0.480 e. The smallest absolute Gasteiger partial charge is 0.408 e. The maximum atomic E-state index is 13.6. The van der Waals surface area contributed by atoms with Crippen molar-refractivity contribution in [1.29, 1.82) is 0 Å². The van der Waals surface area contributed by atoms with Crippen LogP contribution in [-0.2, 0) is 9.59 Å². The Morgan fingerprint density at radius 2 is 1.88 bits per heavy atom. The Morgan fingerprint density at radius 3 is 2.53 bits per heavy atom. The van der Waals surface area contributed by atoms with Crippen LogP contribution in [0.4, 0.5) is 18.0 Å². The summed E-state index contributed by atoms with van der Waals surface area (Å²) in [5.74, 6) is -3.75. The quantitative estimate of drug-likeness (QED) is 0.531. The Balaban J connectivity index is 1.61. The third kappa shape index (κ3) is 5.72. The highest BCUT2D eigenvalue weighted by Crippen LogP contribution is 2.36. The van der Waals surface area contributed by atoms with Crippen LogP contribution in [0.5, 0.6) is 0 Å². The number of alkyl halides is 3. The van der Waals surface area contributed by atoms with Gasteiger partial charge in [0.1, 0.15) is 6.04 Å². The van der Waals surface area contributed by atoms with Crippen molar-refractivity contribution in [1.82, 2.24) is 10.2 Å². The first-order valence-corrected chi connectivity index (χ1v) is 11.5. The number of carboxylic acids is 1. The zero-order valence-corrected chi connectivity index (χ0v) is 18.1. The molecule has 1 saturated heterocycles. The maximum Gasteiger partial charge on any atom is 0.408 e. The van der Waals surface area contributed by atoms with Crippen LogP contribution in [0.25, 0.3) is 0 Å². The number of β-lactam (4-membered cyclic amide) rings is 1. The van der Waals surface area contributed by atoms with Gasteiger partial charge in [0.2, 0.25) is 5.91 Å². The molecule has 3 rings (SSSR count). The topological polar surface area (TPSA) is 86.7 Å². The number of carbonyl (C=O) groups is 3. The van der Waals surface area contributed by atoms with Crippen molar-refractivity contribution in [2.45, 2.75) is 88.9 Å². The summed E-state index contributed by atoms with van der Waals surface area (Å²) in [6.45, 7) is 0. The van der Waals surface area contributed by atoms with Crippen LogP contribution in [0, 0.1) is 11.8 Å². The van der Waals surface area contributed by atoms with Gasteiger partial charge in [-0.25, -0.2) is 14.5 Å². The van der Waals surface area contributed by atoms with Crippen LogP contribution < -0.4 is 5.32 Å². The molecule has 0 spiro atoms. The zero-order chi connectivity index (χ0) is 23.3. The van der Waals surface area contributed by atoms with E-state index in [1.165, 1.54) is 0 Å². The summed E-state index contributed by atoms with van der Waals surface area (Å²) < 4.78 is 40.8. The van der Waals surface area contributed by atoms with Crippen LogP contribution in [0.2, 0.25) is 0 Å². The Kier molecular flexibility index (Phi) is 8.00. The molecule has 3 aliphatic rings. The molecule has 2 aliphatic carbocycles. The van der Waals surface area contributed by atoms with E-state index >= 15 is 0 Å². The molecular weight excluding hydrogens is 425 g/mol. The molecule has 1 aliphatic heterocycles. The van der Waals surface area contributed by atoms with Crippen LogP contribution >= 0.6 is 0 Å². The summed E-state index contributed by atoms with van der Waals surface area (Å²) in [5.41, 5.74) is 1.14. The molecule has 0 unspecified atom stereocenters. The number of carboxylic acid groups (broad SMARTS) is 1.